The number of hydrogen-bond donors (Lipinski definition) is 0. The van der Waals surface area contributed by atoms with E-state index in [2.05, 4.69) is 55.8 Å². The van der Waals surface area contributed by atoms with Gasteiger partial charge in [0.1, 0.15) is 6.04 Å². The van der Waals surface area contributed by atoms with Crippen LogP contribution in [0.25, 0.3) is 0 Å². The van der Waals surface area contributed by atoms with E-state index in [0.29, 0.717) is 13.0 Å². The minimum absolute atomic E-state index is 0.0209. The molecule has 1 unspecified atom stereocenters. The molecule has 7 nitrogen and oxygen atoms in total. The lowest BCUT2D eigenvalue weighted by atomic mass is 9.87. The molecule has 0 saturated carbocycles. The largest absolute Gasteiger partial charge is 0.369 e. The Hall–Kier alpha value is -2.42. The number of likely N-dealkylation sites (N-methyl/N-ethyl adjacent to an activating group) is 1. The van der Waals surface area contributed by atoms with Gasteiger partial charge in [0.2, 0.25) is 15.9 Å². The maximum absolute atomic E-state index is 13.8. The van der Waals surface area contributed by atoms with E-state index < -0.39 is 16.1 Å². The van der Waals surface area contributed by atoms with Crippen LogP contribution in [0, 0.1) is 0 Å². The standard InChI is InChI=1S/C27H38N4O3S/c1-27(2,3)22-10-12-23(13-11-22)30-18-19-31(35(5,33)34)25(26(30)32)20-21-8-6-7-9-24(21)29-16-14-28(4)15-17-29/h6-13,25H,14-20H2,1-5H3. The lowest BCUT2D eigenvalue weighted by molar-refractivity contribution is -0.123. The third-order valence-corrected chi connectivity index (χ3v) is 8.45. The summed E-state index contributed by atoms with van der Waals surface area (Å²) in [5.74, 6) is -0.168. The topological polar surface area (TPSA) is 64.2 Å². The number of sulfonamides is 1. The first-order valence-electron chi connectivity index (χ1n) is 12.4. The quantitative estimate of drug-likeness (QED) is 0.634. The molecule has 2 fully saturated rings. The van der Waals surface area contributed by atoms with Gasteiger partial charge in [0.05, 0.1) is 6.26 Å². The van der Waals surface area contributed by atoms with Crippen LogP contribution in [0.2, 0.25) is 0 Å². The van der Waals surface area contributed by atoms with E-state index in [1.807, 2.05) is 30.3 Å². The van der Waals surface area contributed by atoms with Crippen molar-refractivity contribution in [2.24, 2.45) is 0 Å². The Labute approximate surface area is 210 Å². The fourth-order valence-electron chi connectivity index (χ4n) is 5.00. The minimum atomic E-state index is -3.54. The summed E-state index contributed by atoms with van der Waals surface area (Å²) in [6.45, 7) is 10.9. The number of carbonyl (C=O) groups is 1. The fraction of sp³-hybridized carbons (Fsp3) is 0.519. The maximum atomic E-state index is 13.8. The molecule has 0 radical (unpaired) electrons. The Bertz CT molecular complexity index is 1150. The van der Waals surface area contributed by atoms with Crippen molar-refractivity contribution in [3.05, 3.63) is 59.7 Å². The molecule has 1 amide bonds. The number of nitrogens with zero attached hydrogens (tertiary/aromatic N) is 4. The highest BCUT2D eigenvalue weighted by atomic mass is 32.2. The van der Waals surface area contributed by atoms with Gasteiger partial charge in [0, 0.05) is 57.1 Å². The van der Waals surface area contributed by atoms with Gasteiger partial charge in [-0.05, 0) is 41.8 Å². The monoisotopic (exact) mass is 498 g/mol. The number of anilines is 2. The summed E-state index contributed by atoms with van der Waals surface area (Å²) in [7, 11) is -1.42. The molecular formula is C27H38N4O3S. The summed E-state index contributed by atoms with van der Waals surface area (Å²) >= 11 is 0. The van der Waals surface area contributed by atoms with Gasteiger partial charge in [-0.25, -0.2) is 8.42 Å². The predicted octanol–water partition coefficient (Wildman–Crippen LogP) is 2.96. The lowest BCUT2D eigenvalue weighted by Gasteiger charge is -2.40. The van der Waals surface area contributed by atoms with E-state index in [1.54, 1.807) is 4.90 Å². The molecule has 2 aromatic rings. The van der Waals surface area contributed by atoms with Crippen LogP contribution >= 0.6 is 0 Å². The summed E-state index contributed by atoms with van der Waals surface area (Å²) in [6.07, 6.45) is 1.55. The van der Waals surface area contributed by atoms with Gasteiger partial charge in [-0.1, -0.05) is 51.1 Å². The molecule has 35 heavy (non-hydrogen) atoms. The zero-order valence-corrected chi connectivity index (χ0v) is 22.4. The molecule has 2 saturated heterocycles. The number of rotatable bonds is 5. The van der Waals surface area contributed by atoms with E-state index in [4.69, 9.17) is 0 Å². The second-order valence-corrected chi connectivity index (χ2v) is 12.7. The fourth-order valence-corrected chi connectivity index (χ4v) is 6.04. The van der Waals surface area contributed by atoms with Gasteiger partial charge in [-0.3, -0.25) is 4.79 Å². The number of benzene rings is 2. The van der Waals surface area contributed by atoms with Crippen LogP contribution in [0.1, 0.15) is 31.9 Å². The highest BCUT2D eigenvalue weighted by Crippen LogP contribution is 2.30. The second kappa shape index (κ2) is 9.91. The Morgan fingerprint density at radius 1 is 0.886 bits per heavy atom. The SMILES string of the molecule is CN1CCN(c2ccccc2CC2C(=O)N(c3ccc(C(C)(C)C)cc3)CCN2S(C)(=O)=O)CC1. The third-order valence-electron chi connectivity index (χ3n) is 7.16. The predicted molar refractivity (Wildman–Crippen MR) is 143 cm³/mol. The second-order valence-electron chi connectivity index (χ2n) is 10.8. The van der Waals surface area contributed by atoms with Crippen molar-refractivity contribution in [3.63, 3.8) is 0 Å². The molecule has 4 rings (SSSR count). The summed E-state index contributed by atoms with van der Waals surface area (Å²) in [6, 6.07) is 15.4. The van der Waals surface area contributed by atoms with E-state index >= 15 is 0 Å². The van der Waals surface area contributed by atoms with Crippen molar-refractivity contribution >= 4 is 27.3 Å². The molecule has 0 aromatic heterocycles. The van der Waals surface area contributed by atoms with Gasteiger partial charge in [-0.15, -0.1) is 0 Å². The first kappa shape index (κ1) is 25.7. The number of amides is 1. The molecule has 0 aliphatic carbocycles. The van der Waals surface area contributed by atoms with Gasteiger partial charge in [0.25, 0.3) is 0 Å². The molecule has 2 aliphatic rings. The van der Waals surface area contributed by atoms with Crippen molar-refractivity contribution in [3.8, 4) is 0 Å². The van der Waals surface area contributed by atoms with Crippen LogP contribution in [0.15, 0.2) is 48.5 Å². The summed E-state index contributed by atoms with van der Waals surface area (Å²) < 4.78 is 26.8. The van der Waals surface area contributed by atoms with E-state index in [0.717, 1.165) is 43.1 Å². The average molecular weight is 499 g/mol. The average Bonchev–Trinajstić information content (AvgIpc) is 2.80. The Balaban J connectivity index is 1.63. The lowest BCUT2D eigenvalue weighted by Crippen LogP contribution is -2.59. The number of para-hydroxylation sites is 1. The van der Waals surface area contributed by atoms with Crippen LogP contribution in [0.3, 0.4) is 0 Å². The van der Waals surface area contributed by atoms with Crippen LogP contribution in [0.5, 0.6) is 0 Å². The molecule has 0 N–H and O–H groups in total. The molecule has 8 heteroatoms. The smallest absolute Gasteiger partial charge is 0.245 e. The van der Waals surface area contributed by atoms with Crippen LogP contribution < -0.4 is 9.80 Å². The van der Waals surface area contributed by atoms with E-state index in [9.17, 15) is 13.2 Å². The molecule has 2 aliphatic heterocycles. The van der Waals surface area contributed by atoms with E-state index in [1.165, 1.54) is 16.1 Å². The van der Waals surface area contributed by atoms with Crippen molar-refractivity contribution < 1.29 is 13.2 Å². The third kappa shape index (κ3) is 5.71. The number of piperazine rings is 2. The molecule has 1 atom stereocenters. The first-order valence-corrected chi connectivity index (χ1v) is 14.2. The van der Waals surface area contributed by atoms with Crippen molar-refractivity contribution in [2.45, 2.75) is 38.6 Å². The van der Waals surface area contributed by atoms with Gasteiger partial charge in [-0.2, -0.15) is 4.31 Å². The first-order chi connectivity index (χ1) is 16.4. The summed E-state index contributed by atoms with van der Waals surface area (Å²) in [5, 5.41) is 0. The zero-order chi connectivity index (χ0) is 25.4. The summed E-state index contributed by atoms with van der Waals surface area (Å²) in [5.41, 5.74) is 4.13. The highest BCUT2D eigenvalue weighted by molar-refractivity contribution is 7.88. The van der Waals surface area contributed by atoms with Crippen molar-refractivity contribution in [2.75, 3.05) is 62.4 Å². The Morgan fingerprint density at radius 3 is 2.11 bits per heavy atom. The zero-order valence-electron chi connectivity index (χ0n) is 21.6. The maximum Gasteiger partial charge on any atom is 0.245 e. The molecule has 2 aromatic carbocycles. The van der Waals surface area contributed by atoms with Crippen LogP contribution in [-0.4, -0.2) is 82.1 Å². The molecule has 2 heterocycles. The molecular weight excluding hydrogens is 460 g/mol. The minimum Gasteiger partial charge on any atom is -0.369 e. The number of hydrogen-bond acceptors (Lipinski definition) is 5. The van der Waals surface area contributed by atoms with Gasteiger partial charge >= 0.3 is 0 Å². The van der Waals surface area contributed by atoms with E-state index in [-0.39, 0.29) is 17.9 Å². The van der Waals surface area contributed by atoms with Crippen LogP contribution in [0.4, 0.5) is 11.4 Å². The van der Waals surface area contributed by atoms with Crippen molar-refractivity contribution in [1.82, 2.24) is 9.21 Å². The molecule has 190 valence electrons. The highest BCUT2D eigenvalue weighted by Gasteiger charge is 2.40. The molecule has 0 bridgehead atoms. The molecule has 0 spiro atoms. The van der Waals surface area contributed by atoms with Gasteiger partial charge in [0.15, 0.2) is 0 Å². The van der Waals surface area contributed by atoms with Gasteiger partial charge < -0.3 is 14.7 Å². The summed E-state index contributed by atoms with van der Waals surface area (Å²) in [4.78, 5) is 20.2. The van der Waals surface area contributed by atoms with Crippen molar-refractivity contribution in [1.29, 1.82) is 0 Å². The Kier molecular flexibility index (Phi) is 7.27. The number of carbonyl (C=O) groups excluding carboxylic acids is 1. The van der Waals surface area contributed by atoms with Crippen LogP contribution in [-0.2, 0) is 26.7 Å². The Morgan fingerprint density at radius 2 is 1.51 bits per heavy atom. The normalized spacial score (nSPS) is 20.9.